The molecule has 0 bridgehead atoms. The number of hydrogen-bond donors (Lipinski definition) is 0. The molecular formula is C23H21ClN4O3S. The highest BCUT2D eigenvalue weighted by Gasteiger charge is 2.15. The molecule has 0 aliphatic carbocycles. The average molecular weight is 469 g/mol. The van der Waals surface area contributed by atoms with Gasteiger partial charge in [0.25, 0.3) is 5.56 Å². The van der Waals surface area contributed by atoms with Crippen LogP contribution in [0.1, 0.15) is 11.1 Å². The largest absolute Gasteiger partial charge is 0.493 e. The molecule has 0 saturated heterocycles. The van der Waals surface area contributed by atoms with Crippen molar-refractivity contribution in [3.05, 3.63) is 81.4 Å². The summed E-state index contributed by atoms with van der Waals surface area (Å²) in [6, 6.07) is 13.4. The summed E-state index contributed by atoms with van der Waals surface area (Å²) in [4.78, 5) is 26.2. The minimum absolute atomic E-state index is 0.217. The van der Waals surface area contributed by atoms with E-state index >= 15 is 0 Å². The Balaban J connectivity index is 1.66. The molecule has 0 aliphatic rings. The van der Waals surface area contributed by atoms with Crippen LogP contribution in [-0.2, 0) is 18.7 Å². The van der Waals surface area contributed by atoms with Crippen LogP contribution in [0.3, 0.4) is 0 Å². The minimum Gasteiger partial charge on any atom is -0.493 e. The number of aromatic nitrogens is 4. The van der Waals surface area contributed by atoms with Crippen molar-refractivity contribution in [3.8, 4) is 11.5 Å². The van der Waals surface area contributed by atoms with Crippen LogP contribution >= 0.6 is 23.4 Å². The van der Waals surface area contributed by atoms with Gasteiger partial charge in [-0.1, -0.05) is 47.6 Å². The predicted molar refractivity (Wildman–Crippen MR) is 126 cm³/mol. The molecule has 0 unspecified atom stereocenters. The normalized spacial score (nSPS) is 11.0. The molecule has 0 amide bonds. The lowest BCUT2D eigenvalue weighted by molar-refractivity contribution is 0.354. The van der Waals surface area contributed by atoms with Crippen molar-refractivity contribution in [2.24, 2.45) is 0 Å². The Morgan fingerprint density at radius 1 is 1.03 bits per heavy atom. The van der Waals surface area contributed by atoms with Gasteiger partial charge in [0.2, 0.25) is 0 Å². The molecule has 9 heteroatoms. The van der Waals surface area contributed by atoms with Gasteiger partial charge in [0.1, 0.15) is 0 Å². The summed E-state index contributed by atoms with van der Waals surface area (Å²) in [5.41, 5.74) is 2.35. The van der Waals surface area contributed by atoms with E-state index in [1.165, 1.54) is 24.2 Å². The van der Waals surface area contributed by atoms with E-state index in [-0.39, 0.29) is 11.1 Å². The van der Waals surface area contributed by atoms with Gasteiger partial charge in [-0.05, 0) is 35.7 Å². The van der Waals surface area contributed by atoms with Crippen molar-refractivity contribution >= 4 is 34.5 Å². The molecule has 32 heavy (non-hydrogen) atoms. The van der Waals surface area contributed by atoms with E-state index < -0.39 is 0 Å². The molecular weight excluding hydrogens is 448 g/mol. The first-order valence-corrected chi connectivity index (χ1v) is 11.3. The number of aryl methyl sites for hydroxylation is 1. The van der Waals surface area contributed by atoms with Gasteiger partial charge in [0.05, 0.1) is 14.2 Å². The molecule has 4 rings (SSSR count). The van der Waals surface area contributed by atoms with Crippen molar-refractivity contribution in [2.75, 3.05) is 14.2 Å². The number of halogens is 1. The van der Waals surface area contributed by atoms with E-state index in [0.717, 1.165) is 11.1 Å². The first-order chi connectivity index (χ1) is 15.6. The lowest BCUT2D eigenvalue weighted by Gasteiger charge is -2.14. The number of hydrogen-bond acceptors (Lipinski definition) is 7. The Hall–Kier alpha value is -3.10. The number of nitrogens with zero attached hydrogens (tertiary/aromatic N) is 4. The second-order valence-corrected chi connectivity index (χ2v) is 8.25. The van der Waals surface area contributed by atoms with Crippen LogP contribution in [0.4, 0.5) is 0 Å². The van der Waals surface area contributed by atoms with Crippen LogP contribution < -0.4 is 15.0 Å². The molecule has 0 radical (unpaired) electrons. The Morgan fingerprint density at radius 3 is 2.59 bits per heavy atom. The highest BCUT2D eigenvalue weighted by atomic mass is 35.5. The van der Waals surface area contributed by atoms with Gasteiger partial charge in [-0.25, -0.2) is 15.0 Å². The molecule has 2 aromatic heterocycles. The summed E-state index contributed by atoms with van der Waals surface area (Å²) >= 11 is 7.75. The number of benzene rings is 2. The van der Waals surface area contributed by atoms with Crippen LogP contribution in [0.25, 0.3) is 11.2 Å². The summed E-state index contributed by atoms with van der Waals surface area (Å²) in [6.45, 7) is 0.429. The Bertz CT molecular complexity index is 1310. The maximum atomic E-state index is 13.2. The fourth-order valence-electron chi connectivity index (χ4n) is 3.27. The molecule has 2 heterocycles. The fraction of sp³-hybridized carbons (Fsp3) is 0.217. The molecule has 0 saturated carbocycles. The van der Waals surface area contributed by atoms with Crippen LogP contribution in [-0.4, -0.2) is 33.7 Å². The minimum atomic E-state index is -0.217. The smallest absolute Gasteiger partial charge is 0.282 e. The van der Waals surface area contributed by atoms with Gasteiger partial charge in [0, 0.05) is 29.7 Å². The zero-order valence-electron chi connectivity index (χ0n) is 17.6. The topological polar surface area (TPSA) is 79.1 Å². The number of fused-ring (bicyclic) bond motifs is 1. The monoisotopic (exact) mass is 468 g/mol. The Labute approximate surface area is 194 Å². The number of thioether (sulfide) groups is 1. The Kier molecular flexibility index (Phi) is 6.92. The fourth-order valence-corrected chi connectivity index (χ4v) is 4.57. The van der Waals surface area contributed by atoms with E-state index in [1.54, 1.807) is 18.8 Å². The van der Waals surface area contributed by atoms with Gasteiger partial charge in [-0.3, -0.25) is 9.36 Å². The van der Waals surface area contributed by atoms with E-state index in [9.17, 15) is 4.79 Å². The molecule has 2 aromatic carbocycles. The summed E-state index contributed by atoms with van der Waals surface area (Å²) in [6.07, 6.45) is 3.64. The van der Waals surface area contributed by atoms with E-state index in [1.807, 2.05) is 42.5 Å². The zero-order chi connectivity index (χ0) is 22.5. The third-order valence-corrected chi connectivity index (χ3v) is 6.34. The van der Waals surface area contributed by atoms with Gasteiger partial charge >= 0.3 is 0 Å². The standard InChI is InChI=1S/C23H21ClN4O3S/c1-30-18-8-7-15(13-19(18)31-2)9-12-28-22(29)20-21(26-11-10-25-20)27-23(28)32-14-16-5-3-4-6-17(16)24/h3-8,10-11,13H,9,12,14H2,1-2H3. The van der Waals surface area contributed by atoms with Crippen molar-refractivity contribution < 1.29 is 9.47 Å². The van der Waals surface area contributed by atoms with Gasteiger partial charge in [-0.2, -0.15) is 0 Å². The maximum absolute atomic E-state index is 13.2. The summed E-state index contributed by atoms with van der Waals surface area (Å²) in [7, 11) is 3.20. The molecule has 0 aliphatic heterocycles. The van der Waals surface area contributed by atoms with Crippen LogP contribution in [0.15, 0.2) is 64.8 Å². The maximum Gasteiger partial charge on any atom is 0.282 e. The molecule has 164 valence electrons. The van der Waals surface area contributed by atoms with E-state index in [2.05, 4.69) is 15.0 Å². The average Bonchev–Trinajstić information content (AvgIpc) is 2.83. The third kappa shape index (κ3) is 4.71. The SMILES string of the molecule is COc1ccc(CCn2c(SCc3ccccc3Cl)nc3nccnc3c2=O)cc1OC. The van der Waals surface area contributed by atoms with E-state index in [4.69, 9.17) is 21.1 Å². The number of rotatable bonds is 8. The highest BCUT2D eigenvalue weighted by Crippen LogP contribution is 2.29. The van der Waals surface area contributed by atoms with Crippen LogP contribution in [0.5, 0.6) is 11.5 Å². The van der Waals surface area contributed by atoms with Crippen molar-refractivity contribution in [2.45, 2.75) is 23.9 Å². The van der Waals surface area contributed by atoms with Crippen molar-refractivity contribution in [1.82, 2.24) is 19.5 Å². The second kappa shape index (κ2) is 10.0. The van der Waals surface area contributed by atoms with Crippen LogP contribution in [0, 0.1) is 0 Å². The summed E-state index contributed by atoms with van der Waals surface area (Å²) in [5, 5.41) is 1.25. The molecule has 0 spiro atoms. The summed E-state index contributed by atoms with van der Waals surface area (Å²) in [5.74, 6) is 1.88. The predicted octanol–water partition coefficient (Wildman–Crippen LogP) is 4.39. The second-order valence-electron chi connectivity index (χ2n) is 6.90. The number of ether oxygens (including phenoxy) is 2. The lowest BCUT2D eigenvalue weighted by atomic mass is 10.1. The molecule has 7 nitrogen and oxygen atoms in total. The van der Waals surface area contributed by atoms with Gasteiger partial charge in [0.15, 0.2) is 27.8 Å². The van der Waals surface area contributed by atoms with Gasteiger partial charge < -0.3 is 9.47 Å². The molecule has 0 N–H and O–H groups in total. The van der Waals surface area contributed by atoms with Crippen molar-refractivity contribution in [1.29, 1.82) is 0 Å². The number of methoxy groups -OCH3 is 2. The quantitative estimate of drug-likeness (QED) is 0.280. The third-order valence-electron chi connectivity index (χ3n) is 4.95. The lowest BCUT2D eigenvalue weighted by Crippen LogP contribution is -2.25. The van der Waals surface area contributed by atoms with Gasteiger partial charge in [-0.15, -0.1) is 0 Å². The zero-order valence-corrected chi connectivity index (χ0v) is 19.2. The molecule has 0 fully saturated rings. The Morgan fingerprint density at radius 2 is 1.81 bits per heavy atom. The van der Waals surface area contributed by atoms with E-state index in [0.29, 0.717) is 46.0 Å². The van der Waals surface area contributed by atoms with Crippen molar-refractivity contribution in [3.63, 3.8) is 0 Å². The van der Waals surface area contributed by atoms with Crippen LogP contribution in [0.2, 0.25) is 5.02 Å². The molecule has 4 aromatic rings. The first kappa shape index (κ1) is 22.1. The molecule has 0 atom stereocenters. The highest BCUT2D eigenvalue weighted by molar-refractivity contribution is 7.98. The first-order valence-electron chi connectivity index (χ1n) is 9.89. The summed E-state index contributed by atoms with van der Waals surface area (Å²) < 4.78 is 12.3.